The lowest BCUT2D eigenvalue weighted by Crippen LogP contribution is -2.54. The predicted molar refractivity (Wildman–Crippen MR) is 124 cm³/mol. The predicted octanol–water partition coefficient (Wildman–Crippen LogP) is 2.12. The van der Waals surface area contributed by atoms with Gasteiger partial charge in [-0.2, -0.15) is 0 Å². The van der Waals surface area contributed by atoms with E-state index in [1.807, 2.05) is 0 Å². The second-order valence-electron chi connectivity index (χ2n) is 8.95. The van der Waals surface area contributed by atoms with Crippen molar-refractivity contribution in [3.05, 3.63) is 17.8 Å². The molecule has 2 atom stereocenters. The summed E-state index contributed by atoms with van der Waals surface area (Å²) in [6.45, 7) is 4.90. The first-order valence-electron chi connectivity index (χ1n) is 12.0. The number of amides is 1. The molecule has 190 valence electrons. The third-order valence-electron chi connectivity index (χ3n) is 6.79. The summed E-state index contributed by atoms with van der Waals surface area (Å²) in [6.07, 6.45) is 1.80. The average molecular weight is 482 g/mol. The summed E-state index contributed by atoms with van der Waals surface area (Å²) in [5.41, 5.74) is -0.325. The van der Waals surface area contributed by atoms with E-state index in [2.05, 4.69) is 15.2 Å². The van der Waals surface area contributed by atoms with Crippen LogP contribution in [-0.4, -0.2) is 80.3 Å². The highest BCUT2D eigenvalue weighted by Gasteiger charge is 2.40. The maximum absolute atomic E-state index is 13.1. The summed E-state index contributed by atoms with van der Waals surface area (Å²) in [6, 6.07) is 3.40. The van der Waals surface area contributed by atoms with E-state index in [1.54, 1.807) is 33.1 Å². The highest BCUT2D eigenvalue weighted by atomic mass is 19.1. The van der Waals surface area contributed by atoms with Gasteiger partial charge in [-0.15, -0.1) is 0 Å². The van der Waals surface area contributed by atoms with Crippen LogP contribution in [0.4, 0.5) is 10.1 Å². The summed E-state index contributed by atoms with van der Waals surface area (Å²) in [5, 5.41) is 12.1. The van der Waals surface area contributed by atoms with E-state index in [9.17, 15) is 19.1 Å². The average Bonchev–Trinajstić information content (AvgIpc) is 3.59. The molecule has 1 aromatic heterocycles. The molecule has 2 heterocycles. The molecule has 1 saturated heterocycles. The number of nitrogens with zero attached hydrogens (tertiary/aromatic N) is 2. The highest BCUT2D eigenvalue weighted by molar-refractivity contribution is 5.97. The summed E-state index contributed by atoms with van der Waals surface area (Å²) < 4.78 is 28.9. The third kappa shape index (κ3) is 5.96. The van der Waals surface area contributed by atoms with Gasteiger partial charge in [0.25, 0.3) is 5.91 Å². The van der Waals surface area contributed by atoms with E-state index in [0.29, 0.717) is 38.4 Å². The van der Waals surface area contributed by atoms with Gasteiger partial charge in [-0.05, 0) is 43.2 Å². The molecule has 1 aromatic rings. The standard InChI is InChI=1S/C24H36FN3O6/c1-4-24(5-2,23(31)33-10-6-9-25)27-21(30)19-7-8-20(28-12-18(13-28)32-3)22(26-19)34-15-17-11-16(17)14-29/h7-8,16-18,29H,4-6,9-15H2,1-3H3,(H,27,30)/t16-,17-/m0/s1. The van der Waals surface area contributed by atoms with Crippen LogP contribution in [0.1, 0.15) is 50.0 Å². The Morgan fingerprint density at radius 3 is 2.59 bits per heavy atom. The lowest BCUT2D eigenvalue weighted by atomic mass is 9.92. The van der Waals surface area contributed by atoms with Crippen molar-refractivity contribution in [3.63, 3.8) is 0 Å². The van der Waals surface area contributed by atoms with E-state index in [-0.39, 0.29) is 43.3 Å². The lowest BCUT2D eigenvalue weighted by Gasteiger charge is -2.40. The van der Waals surface area contributed by atoms with Crippen LogP contribution in [0, 0.1) is 11.8 Å². The minimum Gasteiger partial charge on any atom is -0.476 e. The third-order valence-corrected chi connectivity index (χ3v) is 6.79. The molecule has 0 bridgehead atoms. The molecule has 9 nitrogen and oxygen atoms in total. The second kappa shape index (κ2) is 11.8. The van der Waals surface area contributed by atoms with Crippen molar-refractivity contribution in [2.75, 3.05) is 51.6 Å². The van der Waals surface area contributed by atoms with Crippen molar-refractivity contribution in [2.45, 2.75) is 51.2 Å². The zero-order valence-corrected chi connectivity index (χ0v) is 20.2. The Morgan fingerprint density at radius 1 is 1.26 bits per heavy atom. The monoisotopic (exact) mass is 481 g/mol. The number of carbonyl (C=O) groups is 2. The van der Waals surface area contributed by atoms with Gasteiger partial charge in [0.2, 0.25) is 5.88 Å². The zero-order valence-electron chi connectivity index (χ0n) is 20.2. The Bertz CT molecular complexity index is 844. The van der Waals surface area contributed by atoms with Crippen LogP contribution in [0.2, 0.25) is 0 Å². The number of alkyl halides is 1. The molecule has 10 heteroatoms. The molecule has 2 N–H and O–H groups in total. The van der Waals surface area contributed by atoms with Gasteiger partial charge in [0.15, 0.2) is 0 Å². The van der Waals surface area contributed by atoms with Gasteiger partial charge in [-0.1, -0.05) is 13.8 Å². The highest BCUT2D eigenvalue weighted by Crippen LogP contribution is 2.39. The smallest absolute Gasteiger partial charge is 0.331 e. The zero-order chi connectivity index (χ0) is 24.7. The maximum atomic E-state index is 13.1. The number of pyridine rings is 1. The molecule has 0 unspecified atom stereocenters. The van der Waals surface area contributed by atoms with Crippen molar-refractivity contribution in [3.8, 4) is 5.88 Å². The second-order valence-corrected chi connectivity index (χ2v) is 8.95. The number of methoxy groups -OCH3 is 1. The molecule has 0 radical (unpaired) electrons. The molecule has 1 aliphatic carbocycles. The van der Waals surface area contributed by atoms with Gasteiger partial charge in [-0.25, -0.2) is 9.78 Å². The van der Waals surface area contributed by atoms with E-state index >= 15 is 0 Å². The number of hydrogen-bond acceptors (Lipinski definition) is 8. The molecule has 34 heavy (non-hydrogen) atoms. The number of aliphatic hydroxyl groups excluding tert-OH is 1. The summed E-state index contributed by atoms with van der Waals surface area (Å²) >= 11 is 0. The van der Waals surface area contributed by atoms with Crippen molar-refractivity contribution in [2.24, 2.45) is 11.8 Å². The normalized spacial score (nSPS) is 20.0. The molecule has 1 amide bonds. The van der Waals surface area contributed by atoms with Crippen LogP contribution in [0.25, 0.3) is 0 Å². The largest absolute Gasteiger partial charge is 0.476 e. The minimum absolute atomic E-state index is 0.0355. The molecular formula is C24H36FN3O6. The molecule has 2 fully saturated rings. The van der Waals surface area contributed by atoms with Gasteiger partial charge in [0.05, 0.1) is 26.0 Å². The van der Waals surface area contributed by atoms with Crippen LogP contribution < -0.4 is 15.0 Å². The summed E-state index contributed by atoms with van der Waals surface area (Å²) in [7, 11) is 1.67. The summed E-state index contributed by atoms with van der Waals surface area (Å²) in [4.78, 5) is 32.4. The molecule has 2 aliphatic rings. The molecular weight excluding hydrogens is 445 g/mol. The fourth-order valence-electron chi connectivity index (χ4n) is 4.02. The van der Waals surface area contributed by atoms with Crippen LogP contribution >= 0.6 is 0 Å². The van der Waals surface area contributed by atoms with Crippen molar-refractivity contribution in [1.82, 2.24) is 10.3 Å². The van der Waals surface area contributed by atoms with E-state index < -0.39 is 24.1 Å². The Kier molecular flexibility index (Phi) is 9.07. The van der Waals surface area contributed by atoms with Crippen molar-refractivity contribution in [1.29, 1.82) is 0 Å². The number of halogens is 1. The number of aliphatic hydroxyl groups is 1. The van der Waals surface area contributed by atoms with Crippen molar-refractivity contribution < 1.29 is 33.3 Å². The van der Waals surface area contributed by atoms with Gasteiger partial charge < -0.3 is 29.5 Å². The number of hydrogen-bond donors (Lipinski definition) is 2. The first kappa shape index (κ1) is 26.2. The fraction of sp³-hybridized carbons (Fsp3) is 0.708. The molecule has 0 spiro atoms. The Balaban J connectivity index is 1.75. The van der Waals surface area contributed by atoms with Crippen LogP contribution in [0.5, 0.6) is 5.88 Å². The number of anilines is 1. The maximum Gasteiger partial charge on any atom is 0.331 e. The fourth-order valence-corrected chi connectivity index (χ4v) is 4.02. The van der Waals surface area contributed by atoms with E-state index in [0.717, 1.165) is 12.1 Å². The number of ether oxygens (including phenoxy) is 3. The molecule has 1 aliphatic heterocycles. The Morgan fingerprint density at radius 2 is 2.00 bits per heavy atom. The lowest BCUT2D eigenvalue weighted by molar-refractivity contribution is -0.152. The van der Waals surface area contributed by atoms with Gasteiger partial charge in [0, 0.05) is 33.2 Å². The van der Waals surface area contributed by atoms with Gasteiger partial charge >= 0.3 is 5.97 Å². The molecule has 1 saturated carbocycles. The van der Waals surface area contributed by atoms with Crippen LogP contribution in [-0.2, 0) is 14.3 Å². The number of nitrogens with one attached hydrogen (secondary N) is 1. The van der Waals surface area contributed by atoms with Gasteiger partial charge in [-0.3, -0.25) is 9.18 Å². The first-order valence-corrected chi connectivity index (χ1v) is 12.0. The molecule has 3 rings (SSSR count). The Labute approximate surface area is 200 Å². The number of carbonyl (C=O) groups excluding carboxylic acids is 2. The molecule has 0 aromatic carbocycles. The quantitative estimate of drug-likeness (QED) is 0.307. The van der Waals surface area contributed by atoms with Crippen LogP contribution in [0.3, 0.4) is 0 Å². The van der Waals surface area contributed by atoms with E-state index in [4.69, 9.17) is 14.2 Å². The number of rotatable bonds is 14. The minimum atomic E-state index is -1.22. The SMILES string of the molecule is CCC(CC)(NC(=O)c1ccc(N2CC(OC)C2)c(OC[C@@H]2C[C@H]2CO)n1)C(=O)OCCCF. The van der Waals surface area contributed by atoms with E-state index in [1.165, 1.54) is 0 Å². The first-order chi connectivity index (χ1) is 16.4. The van der Waals surface area contributed by atoms with Crippen molar-refractivity contribution >= 4 is 17.6 Å². The topological polar surface area (TPSA) is 110 Å². The Hall–Kier alpha value is -2.46. The number of esters is 1. The summed E-state index contributed by atoms with van der Waals surface area (Å²) in [5.74, 6) is -0.236. The van der Waals surface area contributed by atoms with Crippen LogP contribution in [0.15, 0.2) is 12.1 Å². The van der Waals surface area contributed by atoms with Gasteiger partial charge in [0.1, 0.15) is 16.9 Å². The number of aromatic nitrogens is 1.